The van der Waals surface area contributed by atoms with Crippen LogP contribution in [-0.4, -0.2) is 39.0 Å². The quantitative estimate of drug-likeness (QED) is 0.571. The molecule has 1 aliphatic carbocycles. The van der Waals surface area contributed by atoms with E-state index in [-0.39, 0.29) is 16.8 Å². The lowest BCUT2D eigenvalue weighted by Gasteiger charge is -2.18. The van der Waals surface area contributed by atoms with Gasteiger partial charge in [0.1, 0.15) is 0 Å². The molecule has 4 N–H and O–H groups in total. The second-order valence-corrected chi connectivity index (χ2v) is 8.76. The number of carbonyl (C=O) groups excluding carboxylic acids is 1. The topological polar surface area (TPSA) is 99.3 Å². The number of hydrogen-bond acceptors (Lipinski definition) is 5. The fraction of sp³-hybridized carbons (Fsp3) is 0.588. The Hall–Kier alpha value is -1.48. The molecule has 8 heteroatoms. The van der Waals surface area contributed by atoms with Crippen LogP contribution in [0.4, 0.5) is 0 Å². The molecule has 1 saturated carbocycles. The van der Waals surface area contributed by atoms with Crippen LogP contribution < -0.4 is 20.9 Å². The third kappa shape index (κ3) is 4.58. The summed E-state index contributed by atoms with van der Waals surface area (Å²) < 4.78 is 27.7. The average Bonchev–Trinajstić information content (AvgIpc) is 3.34. The van der Waals surface area contributed by atoms with Crippen LogP contribution in [0.1, 0.15) is 43.5 Å². The summed E-state index contributed by atoms with van der Waals surface area (Å²) in [6, 6.07) is 7.03. The molecule has 138 valence electrons. The zero-order valence-electron chi connectivity index (χ0n) is 14.6. The van der Waals surface area contributed by atoms with Gasteiger partial charge in [-0.2, -0.15) is 0 Å². The highest BCUT2D eigenvalue weighted by molar-refractivity contribution is 7.89. The minimum Gasteiger partial charge on any atom is -0.349 e. The average molecular weight is 366 g/mol. The fourth-order valence-electron chi connectivity index (χ4n) is 3.15. The maximum atomic E-state index is 12.5. The first-order chi connectivity index (χ1) is 11.9. The highest BCUT2D eigenvalue weighted by atomic mass is 32.2. The molecule has 2 unspecified atom stereocenters. The van der Waals surface area contributed by atoms with E-state index in [0.29, 0.717) is 30.1 Å². The summed E-state index contributed by atoms with van der Waals surface area (Å²) in [6.07, 6.45) is 2.73. The molecule has 3 rings (SSSR count). The summed E-state index contributed by atoms with van der Waals surface area (Å²) in [7, 11) is -3.63. The lowest BCUT2D eigenvalue weighted by Crippen LogP contribution is -2.31. The molecule has 25 heavy (non-hydrogen) atoms. The van der Waals surface area contributed by atoms with Crippen molar-refractivity contribution < 1.29 is 13.2 Å². The first-order valence-electron chi connectivity index (χ1n) is 8.78. The molecule has 0 bridgehead atoms. The Morgan fingerprint density at radius 3 is 2.52 bits per heavy atom. The van der Waals surface area contributed by atoms with Gasteiger partial charge in [-0.25, -0.2) is 13.1 Å². The summed E-state index contributed by atoms with van der Waals surface area (Å²) in [5.41, 5.74) is 6.71. The molecule has 0 radical (unpaired) electrons. The maximum Gasteiger partial charge on any atom is 0.251 e. The Morgan fingerprint density at radius 1 is 1.20 bits per heavy atom. The molecular formula is C17H26N4O3S. The molecule has 1 heterocycles. The molecule has 2 fully saturated rings. The van der Waals surface area contributed by atoms with Gasteiger partial charge in [0.05, 0.1) is 4.90 Å². The Labute approximate surface area is 149 Å². The predicted molar refractivity (Wildman–Crippen MR) is 95.4 cm³/mol. The van der Waals surface area contributed by atoms with Crippen LogP contribution in [0.25, 0.3) is 0 Å². The highest BCUT2D eigenvalue weighted by Crippen LogP contribution is 2.20. The van der Waals surface area contributed by atoms with Crippen molar-refractivity contribution in [2.45, 2.75) is 56.1 Å². The van der Waals surface area contributed by atoms with Crippen LogP contribution in [0.15, 0.2) is 29.2 Å². The molecule has 0 spiro atoms. The molecule has 1 aliphatic heterocycles. The number of rotatable bonds is 7. The standard InChI is InChI=1S/C17H26N4O3S/c1-11-16(12(2)21-20-11)8-9-18-25(23,24)15-5-3-4-13(10-15)17(22)19-14-6-7-14/h3-5,10-12,14,16,18,20-21H,6-9H2,1-2H3,(H,19,22). The Bertz CT molecular complexity index is 723. The van der Waals surface area contributed by atoms with E-state index in [0.717, 1.165) is 19.3 Å². The number of carbonyl (C=O) groups is 1. The molecule has 0 aromatic heterocycles. The normalized spacial score (nSPS) is 26.6. The van der Waals surface area contributed by atoms with Gasteiger partial charge >= 0.3 is 0 Å². The molecule has 1 aromatic rings. The number of amides is 1. The van der Waals surface area contributed by atoms with Crippen molar-refractivity contribution >= 4 is 15.9 Å². The van der Waals surface area contributed by atoms with Crippen molar-refractivity contribution in [2.75, 3.05) is 6.54 Å². The van der Waals surface area contributed by atoms with E-state index in [9.17, 15) is 13.2 Å². The van der Waals surface area contributed by atoms with Gasteiger partial charge in [0.15, 0.2) is 0 Å². The SMILES string of the molecule is CC1NNC(C)C1CCNS(=O)(=O)c1cccc(C(=O)NC2CC2)c1. The van der Waals surface area contributed by atoms with E-state index < -0.39 is 10.0 Å². The van der Waals surface area contributed by atoms with E-state index >= 15 is 0 Å². The summed E-state index contributed by atoms with van der Waals surface area (Å²) >= 11 is 0. The largest absolute Gasteiger partial charge is 0.349 e. The monoisotopic (exact) mass is 366 g/mol. The predicted octanol–water partition coefficient (Wildman–Crippen LogP) is 0.748. The van der Waals surface area contributed by atoms with Gasteiger partial charge in [0.25, 0.3) is 5.91 Å². The van der Waals surface area contributed by atoms with Gasteiger partial charge in [-0.1, -0.05) is 6.07 Å². The van der Waals surface area contributed by atoms with Crippen LogP contribution in [-0.2, 0) is 10.0 Å². The lowest BCUT2D eigenvalue weighted by molar-refractivity contribution is 0.0951. The maximum absolute atomic E-state index is 12.5. The van der Waals surface area contributed by atoms with Crippen LogP contribution in [0.3, 0.4) is 0 Å². The second kappa shape index (κ2) is 7.41. The van der Waals surface area contributed by atoms with Crippen molar-refractivity contribution in [2.24, 2.45) is 5.92 Å². The molecule has 1 amide bonds. The molecule has 1 aromatic carbocycles. The molecular weight excluding hydrogens is 340 g/mol. The van der Waals surface area contributed by atoms with Gasteiger partial charge in [-0.05, 0) is 57.2 Å². The molecule has 2 atom stereocenters. The van der Waals surface area contributed by atoms with Crippen molar-refractivity contribution in [1.82, 2.24) is 20.9 Å². The van der Waals surface area contributed by atoms with Crippen molar-refractivity contribution in [1.29, 1.82) is 0 Å². The Balaban J connectivity index is 1.60. The third-order valence-electron chi connectivity index (χ3n) is 4.91. The molecule has 1 saturated heterocycles. The number of sulfonamides is 1. The van der Waals surface area contributed by atoms with E-state index in [1.807, 2.05) is 0 Å². The van der Waals surface area contributed by atoms with Gasteiger partial charge < -0.3 is 5.32 Å². The van der Waals surface area contributed by atoms with Crippen LogP contribution >= 0.6 is 0 Å². The second-order valence-electron chi connectivity index (χ2n) is 6.99. The van der Waals surface area contributed by atoms with E-state index in [4.69, 9.17) is 0 Å². The number of nitrogens with one attached hydrogen (secondary N) is 4. The zero-order chi connectivity index (χ0) is 18.0. The fourth-order valence-corrected chi connectivity index (χ4v) is 4.25. The van der Waals surface area contributed by atoms with Gasteiger partial charge in [0.2, 0.25) is 10.0 Å². The minimum absolute atomic E-state index is 0.125. The number of benzene rings is 1. The van der Waals surface area contributed by atoms with Gasteiger partial charge in [-0.15, -0.1) is 0 Å². The first-order valence-corrected chi connectivity index (χ1v) is 10.3. The summed E-state index contributed by atoms with van der Waals surface area (Å²) in [5.74, 6) is 0.142. The van der Waals surface area contributed by atoms with Crippen LogP contribution in [0.2, 0.25) is 0 Å². The van der Waals surface area contributed by atoms with Crippen molar-refractivity contribution in [3.05, 3.63) is 29.8 Å². The van der Waals surface area contributed by atoms with Crippen molar-refractivity contribution in [3.8, 4) is 0 Å². The third-order valence-corrected chi connectivity index (χ3v) is 6.37. The summed E-state index contributed by atoms with van der Waals surface area (Å²) in [4.78, 5) is 12.2. The van der Waals surface area contributed by atoms with Crippen LogP contribution in [0.5, 0.6) is 0 Å². The highest BCUT2D eigenvalue weighted by Gasteiger charge is 2.29. The Morgan fingerprint density at radius 2 is 1.88 bits per heavy atom. The van der Waals surface area contributed by atoms with E-state index in [1.54, 1.807) is 12.1 Å². The van der Waals surface area contributed by atoms with Crippen molar-refractivity contribution in [3.63, 3.8) is 0 Å². The zero-order valence-corrected chi connectivity index (χ0v) is 15.4. The lowest BCUT2D eigenvalue weighted by atomic mass is 9.93. The first kappa shape index (κ1) is 18.3. The summed E-state index contributed by atoms with van der Waals surface area (Å²) in [5, 5.41) is 2.87. The number of hydrazine groups is 1. The molecule has 2 aliphatic rings. The van der Waals surface area contributed by atoms with E-state index in [2.05, 4.69) is 34.7 Å². The van der Waals surface area contributed by atoms with Crippen LogP contribution in [0, 0.1) is 5.92 Å². The van der Waals surface area contributed by atoms with Gasteiger partial charge in [0, 0.05) is 30.2 Å². The Kier molecular flexibility index (Phi) is 5.43. The summed E-state index contributed by atoms with van der Waals surface area (Å²) in [6.45, 7) is 4.53. The van der Waals surface area contributed by atoms with E-state index in [1.165, 1.54) is 12.1 Å². The number of hydrogen-bond donors (Lipinski definition) is 4. The molecule has 7 nitrogen and oxygen atoms in total. The minimum atomic E-state index is -3.63. The van der Waals surface area contributed by atoms with Gasteiger partial charge in [-0.3, -0.25) is 15.6 Å². The smallest absolute Gasteiger partial charge is 0.251 e.